The van der Waals surface area contributed by atoms with Gasteiger partial charge in [-0.3, -0.25) is 9.59 Å². The van der Waals surface area contributed by atoms with Gasteiger partial charge in [-0.2, -0.15) is 0 Å². The van der Waals surface area contributed by atoms with Crippen LogP contribution in [0.25, 0.3) is 5.57 Å². The molecule has 4 nitrogen and oxygen atoms in total. The SMILES string of the molecule is CCc1ccc(N2C(=O)C(c3ccc(C)cc3C)=C(N(C)Cc3ccccc3)C2=O)cc1. The van der Waals surface area contributed by atoms with E-state index in [1.807, 2.05) is 98.6 Å². The Hall–Kier alpha value is -3.66. The fourth-order valence-corrected chi connectivity index (χ4v) is 4.26. The van der Waals surface area contributed by atoms with E-state index >= 15 is 0 Å². The molecule has 32 heavy (non-hydrogen) atoms. The third kappa shape index (κ3) is 3.96. The Labute approximate surface area is 189 Å². The van der Waals surface area contributed by atoms with Crippen LogP contribution in [0, 0.1) is 13.8 Å². The number of anilines is 1. The van der Waals surface area contributed by atoms with Crippen molar-refractivity contribution in [3.05, 3.63) is 106 Å². The van der Waals surface area contributed by atoms with E-state index < -0.39 is 0 Å². The topological polar surface area (TPSA) is 40.6 Å². The second-order valence-electron chi connectivity index (χ2n) is 8.35. The smallest absolute Gasteiger partial charge is 0.282 e. The zero-order valence-corrected chi connectivity index (χ0v) is 19.1. The number of carbonyl (C=O) groups excluding carboxylic acids is 2. The van der Waals surface area contributed by atoms with Crippen molar-refractivity contribution in [2.45, 2.75) is 33.7 Å². The Morgan fingerprint density at radius 1 is 0.812 bits per heavy atom. The summed E-state index contributed by atoms with van der Waals surface area (Å²) in [7, 11) is 1.88. The van der Waals surface area contributed by atoms with Gasteiger partial charge in [-0.1, -0.05) is 73.2 Å². The lowest BCUT2D eigenvalue weighted by Crippen LogP contribution is -2.34. The Kier molecular flexibility index (Phi) is 5.95. The van der Waals surface area contributed by atoms with Crippen LogP contribution in [0.15, 0.2) is 78.5 Å². The highest BCUT2D eigenvalue weighted by atomic mass is 16.2. The van der Waals surface area contributed by atoms with Crippen LogP contribution in [0.4, 0.5) is 5.69 Å². The van der Waals surface area contributed by atoms with Crippen LogP contribution >= 0.6 is 0 Å². The molecule has 0 N–H and O–H groups in total. The zero-order chi connectivity index (χ0) is 22.8. The first kappa shape index (κ1) is 21.6. The first-order chi connectivity index (χ1) is 15.4. The highest BCUT2D eigenvalue weighted by Gasteiger charge is 2.42. The number of hydrogen-bond donors (Lipinski definition) is 0. The average molecular weight is 425 g/mol. The summed E-state index contributed by atoms with van der Waals surface area (Å²) in [5.41, 5.74) is 6.64. The van der Waals surface area contributed by atoms with E-state index in [0.29, 0.717) is 23.5 Å². The molecule has 4 rings (SSSR count). The van der Waals surface area contributed by atoms with Crippen molar-refractivity contribution in [2.24, 2.45) is 0 Å². The first-order valence-electron chi connectivity index (χ1n) is 11.0. The van der Waals surface area contributed by atoms with E-state index in [4.69, 9.17) is 0 Å². The predicted molar refractivity (Wildman–Crippen MR) is 129 cm³/mol. The second kappa shape index (κ2) is 8.83. The Morgan fingerprint density at radius 3 is 2.12 bits per heavy atom. The highest BCUT2D eigenvalue weighted by Crippen LogP contribution is 2.36. The molecule has 0 saturated carbocycles. The molecule has 1 aliphatic rings. The van der Waals surface area contributed by atoms with Crippen LogP contribution in [0.3, 0.4) is 0 Å². The third-order valence-corrected chi connectivity index (χ3v) is 5.96. The van der Waals surface area contributed by atoms with Crippen molar-refractivity contribution in [3.8, 4) is 0 Å². The summed E-state index contributed by atoms with van der Waals surface area (Å²) in [6, 6.07) is 23.6. The predicted octanol–water partition coefficient (Wildman–Crippen LogP) is 5.28. The summed E-state index contributed by atoms with van der Waals surface area (Å²) in [5.74, 6) is -0.561. The monoisotopic (exact) mass is 424 g/mol. The normalized spacial score (nSPS) is 13.8. The molecular formula is C28H28N2O2. The van der Waals surface area contributed by atoms with Crippen LogP contribution in [-0.4, -0.2) is 23.8 Å². The van der Waals surface area contributed by atoms with Crippen molar-refractivity contribution >= 4 is 23.1 Å². The number of likely N-dealkylation sites (N-methyl/N-ethyl adjacent to an activating group) is 1. The molecule has 0 atom stereocenters. The molecule has 0 fully saturated rings. The molecule has 3 aromatic carbocycles. The molecule has 0 unspecified atom stereocenters. The van der Waals surface area contributed by atoms with Gasteiger partial charge in [-0.15, -0.1) is 0 Å². The van der Waals surface area contributed by atoms with E-state index in [1.54, 1.807) is 0 Å². The lowest BCUT2D eigenvalue weighted by molar-refractivity contribution is -0.120. The van der Waals surface area contributed by atoms with E-state index in [9.17, 15) is 9.59 Å². The van der Waals surface area contributed by atoms with Gasteiger partial charge in [0.25, 0.3) is 11.8 Å². The summed E-state index contributed by atoms with van der Waals surface area (Å²) in [6.45, 7) is 6.63. The van der Waals surface area contributed by atoms with Crippen LogP contribution in [0.2, 0.25) is 0 Å². The largest absolute Gasteiger partial charge is 0.365 e. The van der Waals surface area contributed by atoms with Crippen LogP contribution in [0.1, 0.15) is 34.7 Å². The number of rotatable bonds is 6. The van der Waals surface area contributed by atoms with Gasteiger partial charge in [0.15, 0.2) is 0 Å². The van der Waals surface area contributed by atoms with Crippen LogP contribution in [-0.2, 0) is 22.6 Å². The molecule has 4 heteroatoms. The minimum atomic E-state index is -0.285. The van der Waals surface area contributed by atoms with E-state index in [0.717, 1.165) is 34.2 Å². The van der Waals surface area contributed by atoms with Crippen molar-refractivity contribution in [1.29, 1.82) is 0 Å². The third-order valence-electron chi connectivity index (χ3n) is 5.96. The fourth-order valence-electron chi connectivity index (χ4n) is 4.26. The van der Waals surface area contributed by atoms with Gasteiger partial charge >= 0.3 is 0 Å². The maximum absolute atomic E-state index is 13.7. The molecule has 2 amide bonds. The molecule has 3 aromatic rings. The number of amides is 2. The molecule has 1 heterocycles. The second-order valence-corrected chi connectivity index (χ2v) is 8.35. The minimum absolute atomic E-state index is 0.277. The van der Waals surface area contributed by atoms with Crippen molar-refractivity contribution in [1.82, 2.24) is 4.90 Å². The molecule has 0 saturated heterocycles. The van der Waals surface area contributed by atoms with E-state index in [2.05, 4.69) is 6.92 Å². The molecule has 0 spiro atoms. The van der Waals surface area contributed by atoms with Crippen molar-refractivity contribution in [3.63, 3.8) is 0 Å². The maximum atomic E-state index is 13.7. The summed E-state index contributed by atoms with van der Waals surface area (Å²) in [5, 5.41) is 0. The minimum Gasteiger partial charge on any atom is -0.365 e. The van der Waals surface area contributed by atoms with Gasteiger partial charge in [-0.25, -0.2) is 4.90 Å². The van der Waals surface area contributed by atoms with Crippen molar-refractivity contribution in [2.75, 3.05) is 11.9 Å². The summed E-state index contributed by atoms with van der Waals surface area (Å²) >= 11 is 0. The fraction of sp³-hybridized carbons (Fsp3) is 0.214. The van der Waals surface area contributed by atoms with Gasteiger partial charge in [0.05, 0.1) is 11.3 Å². The number of nitrogens with zero attached hydrogens (tertiary/aromatic N) is 2. The average Bonchev–Trinajstić information content (AvgIpc) is 3.04. The Morgan fingerprint density at radius 2 is 1.50 bits per heavy atom. The van der Waals surface area contributed by atoms with Crippen molar-refractivity contribution < 1.29 is 9.59 Å². The first-order valence-corrected chi connectivity index (χ1v) is 11.0. The number of carbonyl (C=O) groups is 2. The van der Waals surface area contributed by atoms with Gasteiger partial charge in [-0.05, 0) is 54.7 Å². The Balaban J connectivity index is 1.81. The number of benzene rings is 3. The standard InChI is InChI=1S/C28H28N2O2/c1-5-21-12-14-23(15-13-21)30-27(31)25(24-16-11-19(2)17-20(24)3)26(28(30)32)29(4)18-22-9-7-6-8-10-22/h6-17H,5,18H2,1-4H3. The quantitative estimate of drug-likeness (QED) is 0.505. The molecule has 0 radical (unpaired) electrons. The molecule has 162 valence electrons. The van der Waals surface area contributed by atoms with Gasteiger partial charge in [0.2, 0.25) is 0 Å². The zero-order valence-electron chi connectivity index (χ0n) is 19.1. The van der Waals surface area contributed by atoms with Crippen LogP contribution < -0.4 is 4.90 Å². The molecule has 0 aromatic heterocycles. The molecule has 1 aliphatic heterocycles. The molecule has 0 aliphatic carbocycles. The highest BCUT2D eigenvalue weighted by molar-refractivity contribution is 6.45. The summed E-state index contributed by atoms with van der Waals surface area (Å²) < 4.78 is 0. The van der Waals surface area contributed by atoms with Crippen LogP contribution in [0.5, 0.6) is 0 Å². The van der Waals surface area contributed by atoms with Gasteiger partial charge in [0, 0.05) is 13.6 Å². The van der Waals surface area contributed by atoms with E-state index in [-0.39, 0.29) is 11.8 Å². The summed E-state index contributed by atoms with van der Waals surface area (Å²) in [6.07, 6.45) is 0.902. The van der Waals surface area contributed by atoms with E-state index in [1.165, 1.54) is 4.90 Å². The van der Waals surface area contributed by atoms with Gasteiger partial charge < -0.3 is 4.90 Å². The number of hydrogen-bond acceptors (Lipinski definition) is 3. The lowest BCUT2D eigenvalue weighted by Gasteiger charge is -2.22. The Bertz CT molecular complexity index is 1190. The molecule has 0 bridgehead atoms. The summed E-state index contributed by atoms with van der Waals surface area (Å²) in [4.78, 5) is 30.6. The number of aryl methyl sites for hydroxylation is 3. The lowest BCUT2D eigenvalue weighted by atomic mass is 9.97. The molecular weight excluding hydrogens is 396 g/mol. The van der Waals surface area contributed by atoms with Gasteiger partial charge in [0.1, 0.15) is 5.70 Å². The number of imide groups is 1. The maximum Gasteiger partial charge on any atom is 0.282 e.